The first-order chi connectivity index (χ1) is 7.79. The molecule has 2 saturated heterocycles. The van der Waals surface area contributed by atoms with Crippen LogP contribution in [0.5, 0.6) is 0 Å². The predicted octanol–water partition coefficient (Wildman–Crippen LogP) is -0.155. The Bertz CT molecular complexity index is 198. The van der Waals surface area contributed by atoms with Crippen LogP contribution in [0, 0.1) is 11.8 Å². The van der Waals surface area contributed by atoms with Crippen LogP contribution in [0.3, 0.4) is 0 Å². The summed E-state index contributed by atoms with van der Waals surface area (Å²) in [5, 5.41) is 0. The van der Waals surface area contributed by atoms with Crippen molar-refractivity contribution in [2.45, 2.75) is 6.42 Å². The van der Waals surface area contributed by atoms with E-state index in [1.807, 2.05) is 0 Å². The van der Waals surface area contributed by atoms with Crippen molar-refractivity contribution in [1.29, 1.82) is 0 Å². The van der Waals surface area contributed by atoms with Gasteiger partial charge in [-0.2, -0.15) is 0 Å². The fourth-order valence-corrected chi connectivity index (χ4v) is 2.70. The van der Waals surface area contributed by atoms with Crippen LogP contribution in [0.15, 0.2) is 0 Å². The summed E-state index contributed by atoms with van der Waals surface area (Å²) in [5.41, 5.74) is 5.90. The van der Waals surface area contributed by atoms with Crippen LogP contribution in [-0.4, -0.2) is 69.3 Å². The molecule has 0 aliphatic carbocycles. The van der Waals surface area contributed by atoms with E-state index < -0.39 is 0 Å². The summed E-state index contributed by atoms with van der Waals surface area (Å²) < 4.78 is 5.46. The lowest BCUT2D eigenvalue weighted by molar-refractivity contribution is 0.113. The number of hydrogen-bond acceptors (Lipinski definition) is 4. The Morgan fingerprint density at radius 1 is 1.31 bits per heavy atom. The van der Waals surface area contributed by atoms with Gasteiger partial charge in [-0.05, 0) is 31.8 Å². The van der Waals surface area contributed by atoms with Crippen LogP contribution in [0.1, 0.15) is 6.42 Å². The summed E-state index contributed by atoms with van der Waals surface area (Å²) in [6.07, 6.45) is 1.20. The molecule has 2 aliphatic rings. The van der Waals surface area contributed by atoms with Crippen molar-refractivity contribution < 1.29 is 4.74 Å². The number of hydrogen-bond donors (Lipinski definition) is 1. The third kappa shape index (κ3) is 3.17. The van der Waals surface area contributed by atoms with E-state index in [0.717, 1.165) is 19.8 Å². The van der Waals surface area contributed by atoms with Crippen molar-refractivity contribution in [2.75, 3.05) is 59.5 Å². The van der Waals surface area contributed by atoms with Gasteiger partial charge in [0.05, 0.1) is 0 Å². The molecule has 16 heavy (non-hydrogen) atoms. The molecule has 94 valence electrons. The smallest absolute Gasteiger partial charge is 0.0498 e. The third-order valence-electron chi connectivity index (χ3n) is 4.02. The topological polar surface area (TPSA) is 41.7 Å². The molecule has 2 aliphatic heterocycles. The van der Waals surface area contributed by atoms with Gasteiger partial charge >= 0.3 is 0 Å². The second-order valence-corrected chi connectivity index (χ2v) is 5.22. The minimum absolute atomic E-state index is 0.630. The Hall–Kier alpha value is -0.160. The highest BCUT2D eigenvalue weighted by Gasteiger charge is 2.27. The minimum atomic E-state index is 0.630. The van der Waals surface area contributed by atoms with Gasteiger partial charge in [-0.3, -0.25) is 0 Å². The van der Waals surface area contributed by atoms with Gasteiger partial charge in [0.15, 0.2) is 0 Å². The highest BCUT2D eigenvalue weighted by molar-refractivity contribution is 4.79. The van der Waals surface area contributed by atoms with Gasteiger partial charge in [-0.1, -0.05) is 0 Å². The molecule has 2 heterocycles. The standard InChI is InChI=1S/C12H25N3O/c1-14-3-5-15(6-4-14)9-12(8-13)11-2-7-16-10-11/h11-12H,2-10,13H2,1H3. The molecule has 0 amide bonds. The van der Waals surface area contributed by atoms with Crippen molar-refractivity contribution in [3.05, 3.63) is 0 Å². The summed E-state index contributed by atoms with van der Waals surface area (Å²) in [5.74, 6) is 1.33. The summed E-state index contributed by atoms with van der Waals surface area (Å²) in [6, 6.07) is 0. The molecule has 2 rings (SSSR count). The minimum Gasteiger partial charge on any atom is -0.381 e. The molecule has 0 bridgehead atoms. The summed E-state index contributed by atoms with van der Waals surface area (Å²) in [7, 11) is 2.20. The number of piperazine rings is 1. The van der Waals surface area contributed by atoms with E-state index in [1.165, 1.54) is 39.1 Å². The molecular weight excluding hydrogens is 202 g/mol. The normalized spacial score (nSPS) is 30.8. The number of rotatable bonds is 4. The van der Waals surface area contributed by atoms with Crippen LogP contribution in [0.25, 0.3) is 0 Å². The predicted molar refractivity (Wildman–Crippen MR) is 65.4 cm³/mol. The second kappa shape index (κ2) is 5.96. The lowest BCUT2D eigenvalue weighted by atomic mass is 9.91. The van der Waals surface area contributed by atoms with Gasteiger partial charge in [-0.15, -0.1) is 0 Å². The number of ether oxygens (including phenoxy) is 1. The van der Waals surface area contributed by atoms with Crippen molar-refractivity contribution in [3.63, 3.8) is 0 Å². The lowest BCUT2D eigenvalue weighted by Crippen LogP contribution is -2.47. The van der Waals surface area contributed by atoms with E-state index in [1.54, 1.807) is 0 Å². The van der Waals surface area contributed by atoms with Crippen LogP contribution in [0.2, 0.25) is 0 Å². The van der Waals surface area contributed by atoms with Gasteiger partial charge in [0, 0.05) is 45.9 Å². The Labute approximate surface area is 98.7 Å². The molecule has 4 heteroatoms. The molecule has 2 unspecified atom stereocenters. The maximum Gasteiger partial charge on any atom is 0.0498 e. The number of nitrogens with two attached hydrogens (primary N) is 1. The van der Waals surface area contributed by atoms with Crippen LogP contribution < -0.4 is 5.73 Å². The van der Waals surface area contributed by atoms with E-state index in [0.29, 0.717) is 11.8 Å². The van der Waals surface area contributed by atoms with Crippen LogP contribution in [0.4, 0.5) is 0 Å². The number of likely N-dealkylation sites (N-methyl/N-ethyl adjacent to an activating group) is 1. The van der Waals surface area contributed by atoms with Gasteiger partial charge in [0.25, 0.3) is 0 Å². The Balaban J connectivity index is 1.77. The largest absolute Gasteiger partial charge is 0.381 e. The maximum atomic E-state index is 5.90. The van der Waals surface area contributed by atoms with E-state index in [-0.39, 0.29) is 0 Å². The van der Waals surface area contributed by atoms with Crippen molar-refractivity contribution >= 4 is 0 Å². The zero-order valence-electron chi connectivity index (χ0n) is 10.4. The van der Waals surface area contributed by atoms with Gasteiger partial charge in [0.1, 0.15) is 0 Å². The quantitative estimate of drug-likeness (QED) is 0.725. The Kier molecular flexibility index (Phi) is 4.58. The van der Waals surface area contributed by atoms with E-state index in [2.05, 4.69) is 16.8 Å². The van der Waals surface area contributed by atoms with Gasteiger partial charge in [0.2, 0.25) is 0 Å². The van der Waals surface area contributed by atoms with E-state index in [9.17, 15) is 0 Å². The zero-order valence-corrected chi connectivity index (χ0v) is 10.4. The Morgan fingerprint density at radius 2 is 2.06 bits per heavy atom. The zero-order chi connectivity index (χ0) is 11.4. The molecule has 4 nitrogen and oxygen atoms in total. The highest BCUT2D eigenvalue weighted by atomic mass is 16.5. The maximum absolute atomic E-state index is 5.90. The molecule has 2 atom stereocenters. The molecule has 0 aromatic rings. The highest BCUT2D eigenvalue weighted by Crippen LogP contribution is 2.22. The lowest BCUT2D eigenvalue weighted by Gasteiger charge is -2.35. The molecule has 0 aromatic heterocycles. The van der Waals surface area contributed by atoms with Crippen molar-refractivity contribution in [1.82, 2.24) is 9.80 Å². The molecular formula is C12H25N3O. The SMILES string of the molecule is CN1CCN(CC(CN)C2CCOC2)CC1. The van der Waals surface area contributed by atoms with Crippen LogP contribution >= 0.6 is 0 Å². The fraction of sp³-hybridized carbons (Fsp3) is 1.00. The average Bonchev–Trinajstić information content (AvgIpc) is 2.82. The molecule has 2 N–H and O–H groups in total. The second-order valence-electron chi connectivity index (χ2n) is 5.22. The molecule has 0 aromatic carbocycles. The molecule has 0 radical (unpaired) electrons. The molecule has 0 spiro atoms. The molecule has 0 saturated carbocycles. The first-order valence-electron chi connectivity index (χ1n) is 6.48. The van der Waals surface area contributed by atoms with Crippen molar-refractivity contribution in [2.24, 2.45) is 17.6 Å². The van der Waals surface area contributed by atoms with Gasteiger partial charge in [-0.25, -0.2) is 0 Å². The van der Waals surface area contributed by atoms with Gasteiger partial charge < -0.3 is 20.3 Å². The first-order valence-corrected chi connectivity index (χ1v) is 6.48. The average molecular weight is 227 g/mol. The first kappa shape index (κ1) is 12.3. The molecule has 2 fully saturated rings. The summed E-state index contributed by atoms with van der Waals surface area (Å²) in [4.78, 5) is 4.96. The van der Waals surface area contributed by atoms with E-state index in [4.69, 9.17) is 10.5 Å². The Morgan fingerprint density at radius 3 is 2.62 bits per heavy atom. The van der Waals surface area contributed by atoms with Crippen molar-refractivity contribution in [3.8, 4) is 0 Å². The monoisotopic (exact) mass is 227 g/mol. The van der Waals surface area contributed by atoms with E-state index >= 15 is 0 Å². The summed E-state index contributed by atoms with van der Waals surface area (Å²) >= 11 is 0. The third-order valence-corrected chi connectivity index (χ3v) is 4.02. The fourth-order valence-electron chi connectivity index (χ4n) is 2.70. The number of nitrogens with zero attached hydrogens (tertiary/aromatic N) is 2. The van der Waals surface area contributed by atoms with Crippen LogP contribution in [-0.2, 0) is 4.74 Å². The summed E-state index contributed by atoms with van der Waals surface area (Å²) in [6.45, 7) is 8.61.